The standard InChI is InChI=1S/C6H11N2.C2H6O2.CHF3/c1-3-8-5-4-7(2)6-8;3-1-2-4;2-1(3)4/h4-6H,3H2,1-2H3;3-4H,1-2H2;1H/q+1;;. The highest BCUT2D eigenvalue weighted by Crippen LogP contribution is 1.87. The fourth-order valence-corrected chi connectivity index (χ4v) is 0.689. The number of aliphatic hydroxyl groups excluding tert-OH is 2. The summed E-state index contributed by atoms with van der Waals surface area (Å²) in [6.45, 7) is -0.735. The van der Waals surface area contributed by atoms with Crippen LogP contribution < -0.4 is 4.57 Å². The molecule has 0 spiro atoms. The normalized spacial score (nSPS) is 9.00. The lowest BCUT2D eigenvalue weighted by atomic mass is 10.7. The molecule has 0 aromatic carbocycles. The van der Waals surface area contributed by atoms with Gasteiger partial charge in [0, 0.05) is 0 Å². The smallest absolute Gasteiger partial charge is 0.379 e. The fourth-order valence-electron chi connectivity index (χ4n) is 0.689. The molecule has 1 heterocycles. The SMILES string of the molecule is CCn1cc[n+](C)c1.FC(F)F.OCCO. The van der Waals surface area contributed by atoms with E-state index in [1.807, 2.05) is 17.8 Å². The van der Waals surface area contributed by atoms with Gasteiger partial charge in [-0.1, -0.05) is 0 Å². The minimum absolute atomic E-state index is 0.125. The first-order valence-electron chi connectivity index (χ1n) is 4.62. The van der Waals surface area contributed by atoms with Crippen LogP contribution in [0.25, 0.3) is 0 Å². The first-order valence-corrected chi connectivity index (χ1v) is 4.62. The lowest BCUT2D eigenvalue weighted by molar-refractivity contribution is -0.671. The molecule has 0 aliphatic carbocycles. The molecule has 0 aliphatic rings. The molecular formula is C9H18F3N2O2+. The summed E-state index contributed by atoms with van der Waals surface area (Å²) in [7, 11) is 2.02. The third-order valence-corrected chi connectivity index (χ3v) is 1.29. The largest absolute Gasteiger partial charge is 0.394 e. The molecule has 0 radical (unpaired) electrons. The molecule has 0 unspecified atom stereocenters. The zero-order valence-corrected chi connectivity index (χ0v) is 9.35. The van der Waals surface area contributed by atoms with Crippen LogP contribution in [0.4, 0.5) is 13.2 Å². The second-order valence-electron chi connectivity index (χ2n) is 2.60. The first kappa shape index (κ1) is 17.3. The van der Waals surface area contributed by atoms with Gasteiger partial charge < -0.3 is 10.2 Å². The Bertz CT molecular complexity index is 240. The summed E-state index contributed by atoms with van der Waals surface area (Å²) >= 11 is 0. The van der Waals surface area contributed by atoms with Crippen molar-refractivity contribution in [2.24, 2.45) is 7.05 Å². The van der Waals surface area contributed by atoms with Gasteiger partial charge in [0.2, 0.25) is 6.33 Å². The van der Waals surface area contributed by atoms with E-state index in [0.717, 1.165) is 6.54 Å². The number of imidazole rings is 1. The highest BCUT2D eigenvalue weighted by Gasteiger charge is 1.92. The van der Waals surface area contributed by atoms with Crippen LogP contribution in [0.2, 0.25) is 0 Å². The molecule has 0 aliphatic heterocycles. The Balaban J connectivity index is 0. The van der Waals surface area contributed by atoms with Gasteiger partial charge in [-0.3, -0.25) is 0 Å². The molecule has 4 nitrogen and oxygen atoms in total. The number of aromatic nitrogens is 2. The quantitative estimate of drug-likeness (QED) is 0.742. The van der Waals surface area contributed by atoms with E-state index < -0.39 is 6.68 Å². The van der Waals surface area contributed by atoms with Crippen molar-refractivity contribution in [2.45, 2.75) is 20.1 Å². The molecule has 0 atom stereocenters. The minimum atomic E-state index is -3.67. The fraction of sp³-hybridized carbons (Fsp3) is 0.667. The van der Waals surface area contributed by atoms with E-state index in [2.05, 4.69) is 24.0 Å². The van der Waals surface area contributed by atoms with E-state index in [0.29, 0.717) is 0 Å². The lowest BCUT2D eigenvalue weighted by Gasteiger charge is -1.81. The summed E-state index contributed by atoms with van der Waals surface area (Å²) in [6.07, 6.45) is 6.14. The monoisotopic (exact) mass is 243 g/mol. The number of alkyl halides is 3. The van der Waals surface area contributed by atoms with Gasteiger partial charge in [-0.25, -0.2) is 9.13 Å². The molecule has 0 saturated heterocycles. The van der Waals surface area contributed by atoms with Crippen LogP contribution in [0, 0.1) is 0 Å². The minimum Gasteiger partial charge on any atom is -0.394 e. The predicted molar refractivity (Wildman–Crippen MR) is 52.6 cm³/mol. The van der Waals surface area contributed by atoms with Crippen LogP contribution in [0.3, 0.4) is 0 Å². The molecule has 1 rings (SSSR count). The molecule has 7 heteroatoms. The van der Waals surface area contributed by atoms with Crippen molar-refractivity contribution in [1.29, 1.82) is 0 Å². The van der Waals surface area contributed by atoms with Crippen molar-refractivity contribution in [2.75, 3.05) is 13.2 Å². The Morgan fingerprint density at radius 1 is 1.25 bits per heavy atom. The van der Waals surface area contributed by atoms with E-state index >= 15 is 0 Å². The molecule has 2 N–H and O–H groups in total. The van der Waals surface area contributed by atoms with Crippen LogP contribution in [0.1, 0.15) is 6.92 Å². The molecule has 1 aromatic rings. The highest BCUT2D eigenvalue weighted by molar-refractivity contribution is 4.63. The summed E-state index contributed by atoms with van der Waals surface area (Å²) in [5.41, 5.74) is 0. The molecule has 0 saturated carbocycles. The number of aliphatic hydroxyl groups is 2. The third kappa shape index (κ3) is 15.4. The Labute approximate surface area is 92.6 Å². The third-order valence-electron chi connectivity index (χ3n) is 1.29. The van der Waals surface area contributed by atoms with Gasteiger partial charge in [0.25, 0.3) is 0 Å². The zero-order valence-electron chi connectivity index (χ0n) is 9.35. The Kier molecular flexibility index (Phi) is 13.0. The number of hydrogen-bond donors (Lipinski definition) is 2. The summed E-state index contributed by atoms with van der Waals surface area (Å²) < 4.78 is 33.2. The van der Waals surface area contributed by atoms with Gasteiger partial charge in [-0.15, -0.1) is 0 Å². The van der Waals surface area contributed by atoms with E-state index in [-0.39, 0.29) is 13.2 Å². The molecule has 16 heavy (non-hydrogen) atoms. The molecule has 96 valence electrons. The summed E-state index contributed by atoms with van der Waals surface area (Å²) in [5.74, 6) is 0. The van der Waals surface area contributed by atoms with Crippen molar-refractivity contribution in [3.8, 4) is 0 Å². The van der Waals surface area contributed by atoms with Crippen molar-refractivity contribution in [3.05, 3.63) is 18.7 Å². The van der Waals surface area contributed by atoms with E-state index in [9.17, 15) is 13.2 Å². The van der Waals surface area contributed by atoms with Gasteiger partial charge in [0.05, 0.1) is 26.8 Å². The maximum atomic E-state index is 9.67. The Morgan fingerprint density at radius 3 is 1.81 bits per heavy atom. The number of aryl methyl sites for hydroxylation is 2. The van der Waals surface area contributed by atoms with Gasteiger partial charge in [-0.05, 0) is 6.92 Å². The van der Waals surface area contributed by atoms with Crippen LogP contribution in [-0.4, -0.2) is 34.7 Å². The maximum Gasteiger partial charge on any atom is 0.379 e. The average molecular weight is 243 g/mol. The first-order chi connectivity index (χ1) is 7.47. The number of halogens is 3. The average Bonchev–Trinajstić information content (AvgIpc) is 2.64. The van der Waals surface area contributed by atoms with E-state index in [1.165, 1.54) is 0 Å². The van der Waals surface area contributed by atoms with Crippen LogP contribution in [0.5, 0.6) is 0 Å². The number of hydrogen-bond acceptors (Lipinski definition) is 2. The molecule has 0 amide bonds. The summed E-state index contributed by atoms with van der Waals surface area (Å²) in [4.78, 5) is 0. The van der Waals surface area contributed by atoms with E-state index in [4.69, 9.17) is 10.2 Å². The van der Waals surface area contributed by atoms with Gasteiger partial charge in [0.1, 0.15) is 12.4 Å². The van der Waals surface area contributed by atoms with Crippen LogP contribution in [0.15, 0.2) is 18.7 Å². The van der Waals surface area contributed by atoms with Gasteiger partial charge >= 0.3 is 6.68 Å². The Hall–Kier alpha value is -1.08. The molecular weight excluding hydrogens is 225 g/mol. The molecule has 0 bridgehead atoms. The summed E-state index contributed by atoms with van der Waals surface area (Å²) in [5, 5.41) is 15.2. The predicted octanol–water partition coefficient (Wildman–Crippen LogP) is 0.482. The van der Waals surface area contributed by atoms with Crippen molar-refractivity contribution in [1.82, 2.24) is 4.57 Å². The van der Waals surface area contributed by atoms with Crippen LogP contribution in [-0.2, 0) is 13.6 Å². The van der Waals surface area contributed by atoms with Crippen molar-refractivity contribution >= 4 is 0 Å². The molecule has 0 fully saturated rings. The topological polar surface area (TPSA) is 49.3 Å². The van der Waals surface area contributed by atoms with Gasteiger partial charge in [-0.2, -0.15) is 13.2 Å². The number of nitrogens with zero attached hydrogens (tertiary/aromatic N) is 2. The highest BCUT2D eigenvalue weighted by atomic mass is 19.4. The lowest BCUT2D eigenvalue weighted by Crippen LogP contribution is -2.23. The molecule has 1 aromatic heterocycles. The van der Waals surface area contributed by atoms with Gasteiger partial charge in [0.15, 0.2) is 0 Å². The second kappa shape index (κ2) is 12.0. The van der Waals surface area contributed by atoms with Crippen molar-refractivity contribution < 1.29 is 28.0 Å². The van der Waals surface area contributed by atoms with E-state index in [1.54, 1.807) is 0 Å². The van der Waals surface area contributed by atoms with Crippen molar-refractivity contribution in [3.63, 3.8) is 0 Å². The zero-order chi connectivity index (χ0) is 13.0. The second-order valence-corrected chi connectivity index (χ2v) is 2.60. The van der Waals surface area contributed by atoms with Crippen LogP contribution >= 0.6 is 0 Å². The maximum absolute atomic E-state index is 9.67. The Morgan fingerprint density at radius 2 is 1.69 bits per heavy atom. The number of rotatable bonds is 2. The summed E-state index contributed by atoms with van der Waals surface area (Å²) in [6, 6.07) is 0.